The van der Waals surface area contributed by atoms with Gasteiger partial charge in [-0.3, -0.25) is 0 Å². The zero-order valence-corrected chi connectivity index (χ0v) is 16.4. The number of rotatable bonds is 8. The quantitative estimate of drug-likeness (QED) is 0.505. The Bertz CT molecular complexity index is 271. The van der Waals surface area contributed by atoms with Crippen LogP contribution in [0.1, 0.15) is 55.4 Å². The third-order valence-electron chi connectivity index (χ3n) is 4.21. The maximum Gasteiger partial charge on any atom is 0.0678 e. The van der Waals surface area contributed by atoms with Crippen molar-refractivity contribution in [2.75, 3.05) is 40.8 Å². The van der Waals surface area contributed by atoms with E-state index in [1.807, 2.05) is 0 Å². The smallest absolute Gasteiger partial charge is 0.0678 e. The molecule has 0 bridgehead atoms. The minimum absolute atomic E-state index is 0.0461. The fraction of sp³-hybridized carbons (Fsp3) is 1.00. The molecular formula is C16H40N5+. The minimum atomic E-state index is 0.0461. The molecule has 0 N–H and O–H groups in total. The molecule has 21 heavy (non-hydrogen) atoms. The van der Waals surface area contributed by atoms with E-state index in [0.29, 0.717) is 11.0 Å². The Hall–Kier alpha value is -0.200. The molecule has 0 spiro atoms. The van der Waals surface area contributed by atoms with Gasteiger partial charge >= 0.3 is 0 Å². The van der Waals surface area contributed by atoms with E-state index in [9.17, 15) is 0 Å². The van der Waals surface area contributed by atoms with Crippen molar-refractivity contribution in [3.05, 3.63) is 0 Å². The molecule has 5 heteroatoms. The molecule has 0 heterocycles. The Balaban J connectivity index is 6.30. The van der Waals surface area contributed by atoms with Gasteiger partial charge in [0.2, 0.25) is 0 Å². The van der Waals surface area contributed by atoms with Crippen LogP contribution in [0.25, 0.3) is 0 Å². The zero-order valence-electron chi connectivity index (χ0n) is 16.4. The third-order valence-corrected chi connectivity index (χ3v) is 4.21. The van der Waals surface area contributed by atoms with Crippen molar-refractivity contribution < 1.29 is 4.92 Å². The molecular weight excluding hydrogens is 262 g/mol. The predicted molar refractivity (Wildman–Crippen MR) is 91.9 cm³/mol. The lowest BCUT2D eigenvalue weighted by atomic mass is 10.1. The van der Waals surface area contributed by atoms with Crippen molar-refractivity contribution in [1.29, 1.82) is 0 Å². The van der Waals surface area contributed by atoms with Crippen LogP contribution in [-0.2, 0) is 0 Å². The molecule has 0 saturated heterocycles. The molecule has 0 aromatic heterocycles. The standard InChI is InChI=1S/C16H40N5/c1-12-17(9)21(18(10)13-2,19(11)14-3)20(15(4)5)16(6,7)8/h15H,12-14H2,1-11H3/q+1. The summed E-state index contributed by atoms with van der Waals surface area (Å²) in [6, 6.07) is 0.419. The Morgan fingerprint density at radius 3 is 1.19 bits per heavy atom. The van der Waals surface area contributed by atoms with Crippen molar-refractivity contribution in [2.24, 2.45) is 0 Å². The molecule has 0 fully saturated rings. The topological polar surface area (TPSA) is 13.0 Å². The van der Waals surface area contributed by atoms with Gasteiger partial charge in [-0.05, 0) is 60.3 Å². The Kier molecular flexibility index (Phi) is 7.81. The summed E-state index contributed by atoms with van der Waals surface area (Å²) in [7, 11) is 6.62. The summed E-state index contributed by atoms with van der Waals surface area (Å²) < 4.78 is 0. The molecule has 128 valence electrons. The highest BCUT2D eigenvalue weighted by Crippen LogP contribution is 2.32. The zero-order chi connectivity index (χ0) is 17.0. The monoisotopic (exact) mass is 302 g/mol. The lowest BCUT2D eigenvalue weighted by Crippen LogP contribution is -2.83. The summed E-state index contributed by atoms with van der Waals surface area (Å²) in [5, 5.41) is 9.78. The maximum absolute atomic E-state index is 2.57. The third kappa shape index (κ3) is 3.96. The van der Waals surface area contributed by atoms with Crippen LogP contribution in [0.5, 0.6) is 0 Å². The number of quaternary nitrogens is 1. The first-order chi connectivity index (χ1) is 9.51. The molecule has 0 radical (unpaired) electrons. The normalized spacial score (nSPS) is 14.3. The minimum Gasteiger partial charge on any atom is -0.0991 e. The second-order valence-electron chi connectivity index (χ2n) is 7.07. The Morgan fingerprint density at radius 1 is 0.762 bits per heavy atom. The maximum atomic E-state index is 2.57. The van der Waals surface area contributed by atoms with Gasteiger partial charge in [-0.2, -0.15) is 0 Å². The first-order valence-electron chi connectivity index (χ1n) is 8.35. The summed E-state index contributed by atoms with van der Waals surface area (Å²) in [6.45, 7) is 21.1. The average Bonchev–Trinajstić information content (AvgIpc) is 2.39. The van der Waals surface area contributed by atoms with Crippen LogP contribution in [0.4, 0.5) is 0 Å². The van der Waals surface area contributed by atoms with Crippen LogP contribution < -0.4 is 0 Å². The summed E-state index contributed by atoms with van der Waals surface area (Å²) >= 11 is 0. The summed E-state index contributed by atoms with van der Waals surface area (Å²) in [4.78, 5) is 0.630. The molecule has 0 aliphatic carbocycles. The molecule has 0 unspecified atom stereocenters. The van der Waals surface area contributed by atoms with Crippen LogP contribution in [0.15, 0.2) is 0 Å². The molecule has 0 rings (SSSR count). The highest BCUT2D eigenvalue weighted by molar-refractivity contribution is 4.72. The fourth-order valence-electron chi connectivity index (χ4n) is 3.33. The van der Waals surface area contributed by atoms with E-state index < -0.39 is 0 Å². The van der Waals surface area contributed by atoms with Gasteiger partial charge in [0.05, 0.1) is 31.2 Å². The first-order valence-corrected chi connectivity index (χ1v) is 8.35. The average molecular weight is 303 g/mol. The van der Waals surface area contributed by atoms with Crippen LogP contribution >= 0.6 is 0 Å². The van der Waals surface area contributed by atoms with Crippen molar-refractivity contribution >= 4 is 0 Å². The second-order valence-corrected chi connectivity index (χ2v) is 7.07. The van der Waals surface area contributed by atoms with Crippen molar-refractivity contribution in [1.82, 2.24) is 20.0 Å². The number of hydrogen-bond donors (Lipinski definition) is 0. The van der Waals surface area contributed by atoms with Crippen molar-refractivity contribution in [2.45, 2.75) is 67.0 Å². The SMILES string of the molecule is CCN(C)[N+](N(C)CC)(N(C)CC)N(C(C)C)C(C)(C)C. The van der Waals surface area contributed by atoms with Gasteiger partial charge in [0, 0.05) is 21.1 Å². The largest absolute Gasteiger partial charge is 0.0991 e. The first kappa shape index (κ1) is 20.8. The summed E-state index contributed by atoms with van der Waals surface area (Å²) in [6.07, 6.45) is 0. The highest BCUT2D eigenvalue weighted by atomic mass is 16.3. The van der Waals surface area contributed by atoms with E-state index in [1.54, 1.807) is 0 Å². The van der Waals surface area contributed by atoms with E-state index in [-0.39, 0.29) is 5.54 Å². The van der Waals surface area contributed by atoms with E-state index in [0.717, 1.165) is 19.6 Å². The van der Waals surface area contributed by atoms with Crippen LogP contribution in [0.3, 0.4) is 0 Å². The molecule has 0 saturated carbocycles. The van der Waals surface area contributed by atoms with E-state index >= 15 is 0 Å². The fourth-order valence-corrected chi connectivity index (χ4v) is 3.33. The molecule has 0 aliphatic rings. The summed E-state index contributed by atoms with van der Waals surface area (Å²) in [5.41, 5.74) is 0.0461. The lowest BCUT2D eigenvalue weighted by Gasteiger charge is -2.59. The Labute approximate surface area is 133 Å². The molecule has 5 nitrogen and oxygen atoms in total. The van der Waals surface area contributed by atoms with Crippen molar-refractivity contribution in [3.63, 3.8) is 0 Å². The molecule has 0 aliphatic heterocycles. The molecule has 0 amide bonds. The Morgan fingerprint density at radius 2 is 1.05 bits per heavy atom. The van der Waals surface area contributed by atoms with Gasteiger partial charge < -0.3 is 0 Å². The van der Waals surface area contributed by atoms with E-state index in [2.05, 4.69) is 96.6 Å². The van der Waals surface area contributed by atoms with Crippen LogP contribution in [0.2, 0.25) is 0 Å². The number of hydrogen-bond acceptors (Lipinski definition) is 4. The molecule has 0 aromatic rings. The molecule has 0 aromatic carbocycles. The van der Waals surface area contributed by atoms with E-state index in [4.69, 9.17) is 0 Å². The summed E-state index contributed by atoms with van der Waals surface area (Å²) in [5.74, 6) is 0. The van der Waals surface area contributed by atoms with Gasteiger partial charge in [0.1, 0.15) is 0 Å². The van der Waals surface area contributed by atoms with Gasteiger partial charge in [0.25, 0.3) is 0 Å². The van der Waals surface area contributed by atoms with Crippen molar-refractivity contribution in [3.8, 4) is 0 Å². The van der Waals surface area contributed by atoms with Crippen LogP contribution in [0, 0.1) is 0 Å². The van der Waals surface area contributed by atoms with Gasteiger partial charge in [-0.25, -0.2) is 0 Å². The van der Waals surface area contributed by atoms with Gasteiger partial charge in [-0.1, -0.05) is 20.0 Å². The highest BCUT2D eigenvalue weighted by Gasteiger charge is 2.53. The van der Waals surface area contributed by atoms with Crippen LogP contribution in [-0.4, -0.2) is 77.3 Å². The lowest BCUT2D eigenvalue weighted by molar-refractivity contribution is -1.28. The number of nitrogens with zero attached hydrogens (tertiary/aromatic N) is 5. The van der Waals surface area contributed by atoms with Gasteiger partial charge in [0.15, 0.2) is 0 Å². The van der Waals surface area contributed by atoms with E-state index in [1.165, 1.54) is 0 Å². The van der Waals surface area contributed by atoms with Gasteiger partial charge in [-0.15, -0.1) is 0 Å². The predicted octanol–water partition coefficient (Wildman–Crippen LogP) is 2.83. The second kappa shape index (κ2) is 7.88. The molecule has 0 atom stereocenters.